The van der Waals surface area contributed by atoms with Crippen LogP contribution in [0.3, 0.4) is 0 Å². The molecule has 0 fully saturated rings. The molecule has 0 heterocycles. The first-order valence-electron chi connectivity index (χ1n) is 11.0. The summed E-state index contributed by atoms with van der Waals surface area (Å²) >= 11 is 12.3. The lowest BCUT2D eigenvalue weighted by Gasteiger charge is -2.13. The number of anilines is 1. The maximum absolute atomic E-state index is 12.2. The van der Waals surface area contributed by atoms with Crippen molar-refractivity contribution in [1.82, 2.24) is 10.7 Å². The van der Waals surface area contributed by atoms with Crippen molar-refractivity contribution in [3.63, 3.8) is 0 Å². The molecule has 2 aromatic carbocycles. The van der Waals surface area contributed by atoms with Gasteiger partial charge < -0.3 is 24.8 Å². The van der Waals surface area contributed by atoms with Gasteiger partial charge in [-0.3, -0.25) is 14.4 Å². The number of rotatable bonds is 12. The average Bonchev–Trinajstić information content (AvgIpc) is 2.83. The minimum absolute atomic E-state index is 0.102. The minimum atomic E-state index is -0.918. The first-order chi connectivity index (χ1) is 17.2. The highest BCUT2D eigenvalue weighted by Gasteiger charge is 2.15. The fourth-order valence-corrected chi connectivity index (χ4v) is 3.19. The van der Waals surface area contributed by atoms with Gasteiger partial charge in [0.1, 0.15) is 0 Å². The lowest BCUT2D eigenvalue weighted by molar-refractivity contribution is -0.139. The number of nitrogens with zero attached hydrogens (tertiary/aromatic N) is 1. The zero-order chi connectivity index (χ0) is 26.5. The molecule has 0 atom stereocenters. The first-order valence-corrected chi connectivity index (χ1v) is 11.7. The highest BCUT2D eigenvalue weighted by molar-refractivity contribution is 6.35. The van der Waals surface area contributed by atoms with Crippen LogP contribution in [0.15, 0.2) is 41.5 Å². The largest absolute Gasteiger partial charge is 0.493 e. The molecule has 0 aliphatic carbocycles. The molecule has 0 aliphatic rings. The van der Waals surface area contributed by atoms with E-state index in [1.807, 2.05) is 13.8 Å². The monoisotopic (exact) mass is 538 g/mol. The van der Waals surface area contributed by atoms with E-state index < -0.39 is 17.7 Å². The number of nitrogens with one attached hydrogen (secondary N) is 3. The second kappa shape index (κ2) is 14.9. The molecule has 2 rings (SSSR count). The Morgan fingerprint density at radius 1 is 1.08 bits per heavy atom. The Bertz CT molecular complexity index is 1090. The van der Waals surface area contributed by atoms with E-state index in [1.165, 1.54) is 25.5 Å². The molecule has 194 valence electrons. The molecule has 0 aliphatic heterocycles. The van der Waals surface area contributed by atoms with Gasteiger partial charge in [0.15, 0.2) is 18.1 Å². The normalized spacial score (nSPS) is 10.8. The lowest BCUT2D eigenvalue weighted by atomic mass is 10.2. The number of carbonyl (C=O) groups excluding carboxylic acids is 3. The second-order valence-corrected chi connectivity index (χ2v) is 8.39. The summed E-state index contributed by atoms with van der Waals surface area (Å²) in [5.74, 6) is -1.79. The maximum atomic E-state index is 12.2. The predicted octanol–water partition coefficient (Wildman–Crippen LogP) is 3.40. The van der Waals surface area contributed by atoms with Crippen molar-refractivity contribution >= 4 is 52.8 Å². The van der Waals surface area contributed by atoms with Crippen molar-refractivity contribution < 1.29 is 28.6 Å². The van der Waals surface area contributed by atoms with Gasteiger partial charge >= 0.3 is 11.8 Å². The highest BCUT2D eigenvalue weighted by Crippen LogP contribution is 2.36. The maximum Gasteiger partial charge on any atom is 0.329 e. The summed E-state index contributed by atoms with van der Waals surface area (Å²) in [6.07, 6.45) is 1.96. The van der Waals surface area contributed by atoms with E-state index >= 15 is 0 Å². The molecule has 0 bridgehead atoms. The summed E-state index contributed by atoms with van der Waals surface area (Å²) < 4.78 is 16.2. The number of carbonyl (C=O) groups is 3. The summed E-state index contributed by atoms with van der Waals surface area (Å²) in [6.45, 7) is 4.26. The third-order valence-electron chi connectivity index (χ3n) is 4.39. The molecule has 0 unspecified atom stereocenters. The van der Waals surface area contributed by atoms with E-state index in [4.69, 9.17) is 37.4 Å². The molecule has 36 heavy (non-hydrogen) atoms. The molecule has 10 nitrogen and oxygen atoms in total. The van der Waals surface area contributed by atoms with Gasteiger partial charge in [0, 0.05) is 13.2 Å². The van der Waals surface area contributed by atoms with Crippen molar-refractivity contribution in [1.29, 1.82) is 0 Å². The number of hydrazone groups is 1. The van der Waals surface area contributed by atoms with Gasteiger partial charge in [-0.2, -0.15) is 5.10 Å². The Labute approximate surface area is 219 Å². The number of amides is 3. The van der Waals surface area contributed by atoms with Crippen LogP contribution in [0.1, 0.15) is 25.8 Å². The van der Waals surface area contributed by atoms with Gasteiger partial charge in [0.2, 0.25) is 0 Å². The predicted molar refractivity (Wildman–Crippen MR) is 138 cm³/mol. The van der Waals surface area contributed by atoms with E-state index in [1.54, 1.807) is 24.3 Å². The van der Waals surface area contributed by atoms with Gasteiger partial charge in [-0.05, 0) is 50.1 Å². The van der Waals surface area contributed by atoms with E-state index in [2.05, 4.69) is 21.2 Å². The minimum Gasteiger partial charge on any atom is -0.493 e. The van der Waals surface area contributed by atoms with Crippen LogP contribution in [0.4, 0.5) is 5.69 Å². The topological polar surface area (TPSA) is 127 Å². The molecule has 3 N–H and O–H groups in total. The lowest BCUT2D eigenvalue weighted by Crippen LogP contribution is -2.38. The quantitative estimate of drug-likeness (QED) is 0.164. The Balaban J connectivity index is 1.89. The summed E-state index contributed by atoms with van der Waals surface area (Å²) in [4.78, 5) is 35.9. The average molecular weight is 539 g/mol. The van der Waals surface area contributed by atoms with Crippen LogP contribution in [-0.2, 0) is 19.1 Å². The number of benzene rings is 2. The number of para-hydroxylation sites is 1. The molecular weight excluding hydrogens is 511 g/mol. The zero-order valence-electron chi connectivity index (χ0n) is 20.1. The fourth-order valence-electron chi connectivity index (χ4n) is 2.73. The molecule has 3 amide bonds. The van der Waals surface area contributed by atoms with Crippen molar-refractivity contribution in [3.8, 4) is 11.5 Å². The summed E-state index contributed by atoms with van der Waals surface area (Å²) in [5, 5.41) is 9.42. The van der Waals surface area contributed by atoms with Gasteiger partial charge in [0.25, 0.3) is 5.91 Å². The van der Waals surface area contributed by atoms with Crippen LogP contribution in [-0.4, -0.2) is 56.9 Å². The number of halogens is 2. The SMILES string of the molecule is COc1cc(/C=N\NC(=O)C(=O)NCCCOC(C)C)cc(Cl)c1OCC(=O)Nc1ccccc1Cl. The van der Waals surface area contributed by atoms with E-state index in [0.29, 0.717) is 35.8 Å². The van der Waals surface area contributed by atoms with E-state index in [0.717, 1.165) is 0 Å². The Morgan fingerprint density at radius 2 is 1.83 bits per heavy atom. The van der Waals surface area contributed by atoms with E-state index in [-0.39, 0.29) is 29.2 Å². The van der Waals surface area contributed by atoms with Crippen LogP contribution in [0.5, 0.6) is 11.5 Å². The number of hydrogen-bond acceptors (Lipinski definition) is 7. The van der Waals surface area contributed by atoms with Crippen LogP contribution >= 0.6 is 23.2 Å². The molecule has 0 radical (unpaired) electrons. The summed E-state index contributed by atoms with van der Waals surface area (Å²) in [5.41, 5.74) is 3.04. The van der Waals surface area contributed by atoms with Gasteiger partial charge in [-0.1, -0.05) is 35.3 Å². The Morgan fingerprint density at radius 3 is 2.53 bits per heavy atom. The smallest absolute Gasteiger partial charge is 0.329 e. The molecular formula is C24H28Cl2N4O6. The Kier molecular flexibility index (Phi) is 12.0. The number of ether oxygens (including phenoxy) is 3. The molecule has 2 aromatic rings. The van der Waals surface area contributed by atoms with Crippen LogP contribution in [0.25, 0.3) is 0 Å². The van der Waals surface area contributed by atoms with Crippen molar-refractivity contribution in [2.24, 2.45) is 5.10 Å². The van der Waals surface area contributed by atoms with Crippen molar-refractivity contribution in [2.75, 3.05) is 32.2 Å². The molecule has 0 aromatic heterocycles. The van der Waals surface area contributed by atoms with Crippen LogP contribution < -0.4 is 25.5 Å². The van der Waals surface area contributed by atoms with Crippen LogP contribution in [0.2, 0.25) is 10.0 Å². The highest BCUT2D eigenvalue weighted by atomic mass is 35.5. The molecule has 0 saturated heterocycles. The van der Waals surface area contributed by atoms with Gasteiger partial charge in [-0.15, -0.1) is 0 Å². The second-order valence-electron chi connectivity index (χ2n) is 7.58. The van der Waals surface area contributed by atoms with E-state index in [9.17, 15) is 14.4 Å². The third-order valence-corrected chi connectivity index (χ3v) is 5.00. The fraction of sp³-hybridized carbons (Fsp3) is 0.333. The Hall–Kier alpha value is -3.34. The first kappa shape index (κ1) is 28.9. The zero-order valence-corrected chi connectivity index (χ0v) is 21.6. The molecule has 12 heteroatoms. The summed E-state index contributed by atoms with van der Waals surface area (Å²) in [7, 11) is 1.40. The molecule has 0 spiro atoms. The standard InChI is InChI=1S/C24H28Cl2N4O6/c1-15(2)35-10-6-9-27-23(32)24(33)30-28-13-16-11-18(26)22(20(12-16)34-3)36-14-21(31)29-19-8-5-4-7-17(19)25/h4-5,7-8,11-13,15H,6,9-10,14H2,1-3H3,(H,27,32)(H,29,31)(H,30,33)/b28-13-. The van der Waals surface area contributed by atoms with Crippen LogP contribution in [0, 0.1) is 0 Å². The number of methoxy groups -OCH3 is 1. The van der Waals surface area contributed by atoms with Gasteiger partial charge in [0.05, 0.1) is 35.2 Å². The molecule has 0 saturated carbocycles. The summed E-state index contributed by atoms with van der Waals surface area (Å²) in [6, 6.07) is 9.83. The third kappa shape index (κ3) is 9.73. The number of hydrogen-bond donors (Lipinski definition) is 3. The van der Waals surface area contributed by atoms with Crippen molar-refractivity contribution in [2.45, 2.75) is 26.4 Å². The van der Waals surface area contributed by atoms with Crippen molar-refractivity contribution in [3.05, 3.63) is 52.0 Å². The van der Waals surface area contributed by atoms with Gasteiger partial charge in [-0.25, -0.2) is 5.43 Å².